The van der Waals surface area contributed by atoms with E-state index in [2.05, 4.69) is 11.7 Å². The maximum absolute atomic E-state index is 13.7. The number of nitrogens with zero attached hydrogens (tertiary/aromatic N) is 2. The van der Waals surface area contributed by atoms with Gasteiger partial charge in [-0.05, 0) is 61.9 Å². The Morgan fingerprint density at radius 1 is 1.24 bits per heavy atom. The fourth-order valence-corrected chi connectivity index (χ4v) is 5.57. The highest BCUT2D eigenvalue weighted by Gasteiger charge is 2.38. The van der Waals surface area contributed by atoms with Gasteiger partial charge in [-0.15, -0.1) is 11.8 Å². The zero-order valence-corrected chi connectivity index (χ0v) is 21.2. The smallest absolute Gasteiger partial charge is 0.239 e. The van der Waals surface area contributed by atoms with Crippen LogP contribution in [0.2, 0.25) is 5.02 Å². The van der Waals surface area contributed by atoms with E-state index in [1.165, 1.54) is 24.6 Å². The molecular formula is C27H31ClN2O3S. The van der Waals surface area contributed by atoms with Crippen molar-refractivity contribution in [2.75, 3.05) is 20.3 Å². The molecule has 3 atom stereocenters. The van der Waals surface area contributed by atoms with Crippen LogP contribution in [0, 0.1) is 5.92 Å². The van der Waals surface area contributed by atoms with Crippen molar-refractivity contribution in [3.05, 3.63) is 76.7 Å². The van der Waals surface area contributed by atoms with Gasteiger partial charge in [0.25, 0.3) is 0 Å². The van der Waals surface area contributed by atoms with E-state index >= 15 is 0 Å². The topological polar surface area (TPSA) is 51.1 Å². The summed E-state index contributed by atoms with van der Waals surface area (Å²) in [6.07, 6.45) is 13.5. The van der Waals surface area contributed by atoms with Crippen molar-refractivity contribution < 1.29 is 14.3 Å². The summed E-state index contributed by atoms with van der Waals surface area (Å²) >= 11 is 7.57. The number of ether oxygens (including phenoxy) is 2. The minimum Gasteiger partial charge on any atom is -0.493 e. The number of hydrogen-bond acceptors (Lipinski definition) is 5. The number of amides is 1. The van der Waals surface area contributed by atoms with Crippen molar-refractivity contribution in [3.8, 4) is 0 Å². The van der Waals surface area contributed by atoms with Crippen LogP contribution in [0.25, 0.3) is 4.91 Å². The molecule has 2 aliphatic carbocycles. The van der Waals surface area contributed by atoms with Crippen LogP contribution in [0.15, 0.2) is 71.2 Å². The summed E-state index contributed by atoms with van der Waals surface area (Å²) in [5, 5.41) is 0.308. The van der Waals surface area contributed by atoms with E-state index < -0.39 is 0 Å². The maximum atomic E-state index is 13.7. The van der Waals surface area contributed by atoms with E-state index in [0.29, 0.717) is 29.7 Å². The molecule has 1 aromatic rings. The average Bonchev–Trinajstić information content (AvgIpc) is 3.61. The summed E-state index contributed by atoms with van der Waals surface area (Å²) in [4.78, 5) is 20.8. The van der Waals surface area contributed by atoms with Gasteiger partial charge in [0.1, 0.15) is 5.25 Å². The van der Waals surface area contributed by atoms with E-state index in [0.717, 1.165) is 22.8 Å². The second kappa shape index (κ2) is 11.3. The molecule has 1 fully saturated rings. The number of halogens is 1. The molecule has 0 spiro atoms. The van der Waals surface area contributed by atoms with Crippen LogP contribution >= 0.6 is 23.4 Å². The molecule has 180 valence electrons. The number of hydrogen-bond donors (Lipinski definition) is 0. The Morgan fingerprint density at radius 2 is 2.00 bits per heavy atom. The maximum Gasteiger partial charge on any atom is 0.239 e. The molecule has 1 heterocycles. The van der Waals surface area contributed by atoms with Crippen molar-refractivity contribution >= 4 is 40.9 Å². The third-order valence-corrected chi connectivity index (χ3v) is 7.89. The predicted molar refractivity (Wildman–Crippen MR) is 141 cm³/mol. The van der Waals surface area contributed by atoms with Gasteiger partial charge in [-0.2, -0.15) is 0 Å². The third-order valence-electron chi connectivity index (χ3n) is 6.27. The van der Waals surface area contributed by atoms with Crippen LogP contribution in [-0.2, 0) is 14.3 Å². The number of carbonyl (C=O) groups is 1. The average molecular weight is 499 g/mol. The lowest BCUT2D eigenvalue weighted by Gasteiger charge is -2.30. The Labute approximate surface area is 211 Å². The van der Waals surface area contributed by atoms with Crippen LogP contribution in [-0.4, -0.2) is 55.1 Å². The van der Waals surface area contributed by atoms with Gasteiger partial charge >= 0.3 is 0 Å². The number of benzene rings is 1. The standard InChI is InChI=1S/C27H31ClN2O3S/c1-4-30(21-6-5-7-23(24(16-21)32-3)33-15-14-18-8-9-18)27(31)26-22(29-2)17-25(34-26)19-10-12-20(28)13-11-19/h5-7,10-13,16-18,21-22,26H,2,4,8-9,14-15H2,1,3H3. The fraction of sp³-hybridized carbons (Fsp3) is 0.407. The number of allylic oxidation sites excluding steroid dienone is 2. The number of methoxy groups -OCH3 is 1. The first-order valence-corrected chi connectivity index (χ1v) is 13.0. The minimum absolute atomic E-state index is 0.0181. The summed E-state index contributed by atoms with van der Waals surface area (Å²) in [7, 11) is 1.64. The first kappa shape index (κ1) is 24.7. The molecule has 34 heavy (non-hydrogen) atoms. The highest BCUT2D eigenvalue weighted by Crippen LogP contribution is 2.42. The van der Waals surface area contributed by atoms with Gasteiger partial charge in [0.2, 0.25) is 5.91 Å². The lowest BCUT2D eigenvalue weighted by atomic mass is 10.1. The van der Waals surface area contributed by atoms with Crippen molar-refractivity contribution in [2.24, 2.45) is 10.9 Å². The van der Waals surface area contributed by atoms with Gasteiger partial charge in [-0.1, -0.05) is 48.7 Å². The third kappa shape index (κ3) is 5.78. The van der Waals surface area contributed by atoms with Crippen LogP contribution in [0.3, 0.4) is 0 Å². The van der Waals surface area contributed by atoms with Crippen molar-refractivity contribution in [1.29, 1.82) is 0 Å². The Hall–Kier alpha value is -2.44. The Balaban J connectivity index is 1.48. The molecule has 0 aromatic heterocycles. The molecule has 0 bridgehead atoms. The second-order valence-electron chi connectivity index (χ2n) is 8.60. The molecular weight excluding hydrogens is 468 g/mol. The van der Waals surface area contributed by atoms with Crippen molar-refractivity contribution in [2.45, 2.75) is 43.5 Å². The SMILES string of the molecule is C=NC1C=C(c2ccc(Cl)cc2)SC1C(=O)N(CC)C1C=CC=C(OCCC2CC2)C(OC)=C1. The van der Waals surface area contributed by atoms with Crippen LogP contribution in [0.4, 0.5) is 0 Å². The van der Waals surface area contributed by atoms with Crippen molar-refractivity contribution in [1.82, 2.24) is 4.90 Å². The van der Waals surface area contributed by atoms with Gasteiger partial charge < -0.3 is 14.4 Å². The van der Waals surface area contributed by atoms with E-state index in [-0.39, 0.29) is 23.2 Å². The summed E-state index contributed by atoms with van der Waals surface area (Å²) < 4.78 is 11.7. The molecule has 3 unspecified atom stereocenters. The first-order chi connectivity index (χ1) is 16.5. The molecule has 0 radical (unpaired) electrons. The second-order valence-corrected chi connectivity index (χ2v) is 10.2. The van der Waals surface area contributed by atoms with E-state index in [1.807, 2.05) is 66.5 Å². The van der Waals surface area contributed by atoms with Crippen LogP contribution in [0.5, 0.6) is 0 Å². The summed E-state index contributed by atoms with van der Waals surface area (Å²) in [6, 6.07) is 7.09. The zero-order chi connectivity index (χ0) is 24.1. The Bertz CT molecular complexity index is 1030. The summed E-state index contributed by atoms with van der Waals surface area (Å²) in [5.41, 5.74) is 1.02. The molecule has 3 aliphatic rings. The zero-order valence-electron chi connectivity index (χ0n) is 19.7. The lowest BCUT2D eigenvalue weighted by molar-refractivity contribution is -0.131. The highest BCUT2D eigenvalue weighted by molar-refractivity contribution is 8.09. The minimum atomic E-state index is -0.374. The van der Waals surface area contributed by atoms with Gasteiger partial charge in [0, 0.05) is 16.5 Å². The largest absolute Gasteiger partial charge is 0.493 e. The van der Waals surface area contributed by atoms with Gasteiger partial charge in [-0.3, -0.25) is 9.79 Å². The molecule has 1 aromatic carbocycles. The summed E-state index contributed by atoms with van der Waals surface area (Å²) in [6.45, 7) is 6.96. The fourth-order valence-electron chi connectivity index (χ4n) is 4.14. The normalized spacial score (nSPS) is 24.0. The molecule has 0 N–H and O–H groups in total. The molecule has 1 aliphatic heterocycles. The van der Waals surface area contributed by atoms with Gasteiger partial charge in [0.15, 0.2) is 11.5 Å². The molecule has 0 saturated heterocycles. The summed E-state index contributed by atoms with van der Waals surface area (Å²) in [5.74, 6) is 2.18. The number of likely N-dealkylation sites (N-methyl/N-ethyl adjacent to an activating group) is 1. The number of thioether (sulfide) groups is 1. The Kier molecular flexibility index (Phi) is 8.22. The molecule has 4 rings (SSSR count). The molecule has 1 saturated carbocycles. The van der Waals surface area contributed by atoms with E-state index in [9.17, 15) is 4.79 Å². The lowest BCUT2D eigenvalue weighted by Crippen LogP contribution is -2.45. The molecule has 1 amide bonds. The van der Waals surface area contributed by atoms with Crippen LogP contribution in [0.1, 0.15) is 31.7 Å². The number of carbonyl (C=O) groups excluding carboxylic acids is 1. The number of rotatable bonds is 10. The predicted octanol–water partition coefficient (Wildman–Crippen LogP) is 5.88. The van der Waals surface area contributed by atoms with E-state index in [4.69, 9.17) is 21.1 Å². The first-order valence-electron chi connectivity index (χ1n) is 11.7. The molecule has 7 heteroatoms. The van der Waals surface area contributed by atoms with Gasteiger partial charge in [0.05, 0.1) is 25.8 Å². The van der Waals surface area contributed by atoms with Crippen LogP contribution < -0.4 is 0 Å². The Morgan fingerprint density at radius 3 is 2.65 bits per heavy atom. The van der Waals surface area contributed by atoms with E-state index in [1.54, 1.807) is 7.11 Å². The van der Waals surface area contributed by atoms with Crippen molar-refractivity contribution in [3.63, 3.8) is 0 Å². The molecule has 5 nitrogen and oxygen atoms in total. The highest BCUT2D eigenvalue weighted by atomic mass is 35.5. The van der Waals surface area contributed by atoms with Gasteiger partial charge in [-0.25, -0.2) is 0 Å². The quantitative estimate of drug-likeness (QED) is 0.378. The monoisotopic (exact) mass is 498 g/mol. The number of aliphatic imine (C=N–C) groups is 1.